The van der Waals surface area contributed by atoms with E-state index in [4.69, 9.17) is 15.6 Å². The second-order valence-corrected chi connectivity index (χ2v) is 12.3. The smallest absolute Gasteiger partial charge is 0.192 e. The van der Waals surface area contributed by atoms with Gasteiger partial charge in [-0.05, 0) is 25.1 Å². The molecule has 0 saturated carbocycles. The van der Waals surface area contributed by atoms with E-state index in [-0.39, 0.29) is 11.0 Å². The Kier molecular flexibility index (Phi) is 6.76. The van der Waals surface area contributed by atoms with Crippen LogP contribution in [0, 0.1) is 12.3 Å². The van der Waals surface area contributed by atoms with Crippen molar-refractivity contribution in [1.29, 1.82) is 0 Å². The molecule has 0 amide bonds. The lowest BCUT2D eigenvalue weighted by Gasteiger charge is -2.37. The van der Waals surface area contributed by atoms with Gasteiger partial charge in [0.15, 0.2) is 8.32 Å². The molecule has 0 N–H and O–H groups in total. The number of aromatic nitrogens is 2. The molecule has 132 valence electrons. The lowest BCUT2D eigenvalue weighted by atomic mass is 9.95. The van der Waals surface area contributed by atoms with Crippen molar-refractivity contribution in [3.8, 4) is 12.3 Å². The number of nitrogens with zero attached hydrogens (tertiary/aromatic N) is 2. The van der Waals surface area contributed by atoms with Gasteiger partial charge in [-0.1, -0.05) is 40.2 Å². The number of rotatable bonds is 7. The highest BCUT2D eigenvalue weighted by Gasteiger charge is 2.37. The van der Waals surface area contributed by atoms with E-state index in [1.807, 2.05) is 6.92 Å². The Hall–Kier alpha value is -1.64. The summed E-state index contributed by atoms with van der Waals surface area (Å²) >= 11 is 0. The van der Waals surface area contributed by atoms with Gasteiger partial charge < -0.3 is 9.16 Å². The van der Waals surface area contributed by atoms with Crippen LogP contribution in [0.2, 0.25) is 18.1 Å². The van der Waals surface area contributed by atoms with E-state index in [0.29, 0.717) is 30.2 Å². The molecule has 0 spiro atoms. The first-order chi connectivity index (χ1) is 11.0. The molecule has 24 heavy (non-hydrogen) atoms. The van der Waals surface area contributed by atoms with Gasteiger partial charge >= 0.3 is 0 Å². The van der Waals surface area contributed by atoms with Crippen LogP contribution in [0.5, 0.6) is 0 Å². The summed E-state index contributed by atoms with van der Waals surface area (Å²) in [6.45, 7) is 20.2. The molecule has 1 atom stereocenters. The number of ether oxygens (including phenoxy) is 1. The van der Waals surface area contributed by atoms with Gasteiger partial charge in [0, 0.05) is 18.1 Å². The van der Waals surface area contributed by atoms with Crippen LogP contribution >= 0.6 is 0 Å². The summed E-state index contributed by atoms with van der Waals surface area (Å²) in [6.07, 6.45) is 7.27. The van der Waals surface area contributed by atoms with Crippen molar-refractivity contribution in [2.24, 2.45) is 0 Å². The maximum atomic E-state index is 6.36. The fourth-order valence-corrected chi connectivity index (χ4v) is 3.19. The van der Waals surface area contributed by atoms with Crippen molar-refractivity contribution in [3.63, 3.8) is 0 Å². The van der Waals surface area contributed by atoms with Gasteiger partial charge in [-0.2, -0.15) is 5.10 Å². The molecule has 1 aromatic rings. The summed E-state index contributed by atoms with van der Waals surface area (Å²) in [5.41, 5.74) is 2.26. The summed E-state index contributed by atoms with van der Waals surface area (Å²) in [7, 11) is -1.83. The monoisotopic (exact) mass is 346 g/mol. The van der Waals surface area contributed by atoms with Gasteiger partial charge in [0.2, 0.25) is 0 Å². The molecule has 0 saturated heterocycles. The fourth-order valence-electron chi connectivity index (χ4n) is 2.09. The minimum absolute atomic E-state index is 0.0767. The summed E-state index contributed by atoms with van der Waals surface area (Å²) in [4.78, 5) is 0. The SMILES string of the molecule is C#Cc1cnnc(C(=C)OCC)c1C(C)CO[Si](C)(C)C(C)(C)C. The van der Waals surface area contributed by atoms with Crippen LogP contribution < -0.4 is 0 Å². The van der Waals surface area contributed by atoms with Crippen LogP contribution in [0.25, 0.3) is 5.76 Å². The lowest BCUT2D eigenvalue weighted by Crippen LogP contribution is -2.41. The highest BCUT2D eigenvalue weighted by molar-refractivity contribution is 6.74. The Balaban J connectivity index is 3.12. The molecular weight excluding hydrogens is 316 g/mol. The molecule has 0 fully saturated rings. The zero-order valence-electron chi connectivity index (χ0n) is 16.1. The first-order valence-corrected chi connectivity index (χ1v) is 11.2. The van der Waals surface area contributed by atoms with Gasteiger partial charge in [-0.25, -0.2) is 0 Å². The van der Waals surface area contributed by atoms with E-state index in [9.17, 15) is 0 Å². The summed E-state index contributed by atoms with van der Waals surface area (Å²) in [5.74, 6) is 3.27. The maximum absolute atomic E-state index is 6.36. The van der Waals surface area contributed by atoms with Gasteiger partial charge in [-0.15, -0.1) is 11.5 Å². The van der Waals surface area contributed by atoms with E-state index >= 15 is 0 Å². The van der Waals surface area contributed by atoms with E-state index in [1.165, 1.54) is 0 Å². The van der Waals surface area contributed by atoms with Crippen molar-refractivity contribution in [3.05, 3.63) is 29.6 Å². The van der Waals surface area contributed by atoms with Crippen LogP contribution in [0.1, 0.15) is 57.4 Å². The zero-order valence-corrected chi connectivity index (χ0v) is 17.1. The van der Waals surface area contributed by atoms with Gasteiger partial charge in [0.25, 0.3) is 0 Å². The van der Waals surface area contributed by atoms with Crippen molar-refractivity contribution in [2.45, 2.75) is 58.7 Å². The molecule has 1 unspecified atom stereocenters. The Morgan fingerprint density at radius 2 is 2.04 bits per heavy atom. The van der Waals surface area contributed by atoms with E-state index in [0.717, 1.165) is 5.56 Å². The zero-order chi connectivity index (χ0) is 18.5. The molecule has 1 heterocycles. The Morgan fingerprint density at radius 3 is 2.54 bits per heavy atom. The Labute approximate surface area is 147 Å². The summed E-state index contributed by atoms with van der Waals surface area (Å²) in [6, 6.07) is 0. The first kappa shape index (κ1) is 20.4. The minimum Gasteiger partial charge on any atom is -0.492 e. The molecule has 4 nitrogen and oxygen atoms in total. The molecule has 1 rings (SSSR count). The third-order valence-electron chi connectivity index (χ3n) is 4.62. The minimum atomic E-state index is -1.83. The molecule has 0 radical (unpaired) electrons. The van der Waals surface area contributed by atoms with Crippen molar-refractivity contribution >= 4 is 14.1 Å². The van der Waals surface area contributed by atoms with Crippen molar-refractivity contribution in [1.82, 2.24) is 10.2 Å². The van der Waals surface area contributed by atoms with Crippen LogP contribution in [0.4, 0.5) is 0 Å². The highest BCUT2D eigenvalue weighted by atomic mass is 28.4. The second-order valence-electron chi connectivity index (χ2n) is 7.49. The quantitative estimate of drug-likeness (QED) is 0.411. The fraction of sp³-hybridized carbons (Fsp3) is 0.579. The van der Waals surface area contributed by atoms with E-state index in [2.05, 4.69) is 63.5 Å². The Bertz CT molecular complexity index is 627. The van der Waals surface area contributed by atoms with Gasteiger partial charge in [-0.3, -0.25) is 0 Å². The highest BCUT2D eigenvalue weighted by Crippen LogP contribution is 2.37. The predicted octanol–water partition coefficient (Wildman–Crippen LogP) is 4.59. The Morgan fingerprint density at radius 1 is 1.42 bits per heavy atom. The molecule has 5 heteroatoms. The van der Waals surface area contributed by atoms with Crippen LogP contribution in [0.3, 0.4) is 0 Å². The summed E-state index contributed by atoms with van der Waals surface area (Å²) in [5, 5.41) is 8.35. The molecule has 0 aliphatic carbocycles. The van der Waals surface area contributed by atoms with E-state index in [1.54, 1.807) is 6.20 Å². The molecule has 0 bridgehead atoms. The largest absolute Gasteiger partial charge is 0.492 e. The lowest BCUT2D eigenvalue weighted by molar-refractivity contribution is 0.267. The molecule has 0 aromatic carbocycles. The standard InChI is InChI=1S/C19H30N2O2Si/c1-10-16-12-20-21-18(15(4)22-11-2)17(16)14(3)13-23-24(8,9)19(5,6)7/h1,12,14H,4,11,13H2,2-3,5-9H3. The number of hydrogen-bond donors (Lipinski definition) is 0. The molecular formula is C19H30N2O2Si. The number of hydrogen-bond acceptors (Lipinski definition) is 4. The van der Waals surface area contributed by atoms with Crippen molar-refractivity contribution in [2.75, 3.05) is 13.2 Å². The maximum Gasteiger partial charge on any atom is 0.192 e. The summed E-state index contributed by atoms with van der Waals surface area (Å²) < 4.78 is 11.9. The third-order valence-corrected chi connectivity index (χ3v) is 9.12. The topological polar surface area (TPSA) is 44.2 Å². The van der Waals surface area contributed by atoms with Gasteiger partial charge in [0.1, 0.15) is 11.5 Å². The third kappa shape index (κ3) is 4.68. The molecule has 0 aliphatic rings. The van der Waals surface area contributed by atoms with Gasteiger partial charge in [0.05, 0.1) is 18.4 Å². The average molecular weight is 347 g/mol. The molecule has 1 aromatic heterocycles. The van der Waals surface area contributed by atoms with Crippen molar-refractivity contribution < 1.29 is 9.16 Å². The first-order valence-electron chi connectivity index (χ1n) is 8.33. The van der Waals surface area contributed by atoms with Crippen LogP contribution in [-0.4, -0.2) is 31.7 Å². The second kappa shape index (κ2) is 7.95. The van der Waals surface area contributed by atoms with E-state index < -0.39 is 8.32 Å². The number of terminal acetylenes is 1. The average Bonchev–Trinajstić information content (AvgIpc) is 2.51. The van der Waals surface area contributed by atoms with Crippen LogP contribution in [0.15, 0.2) is 12.8 Å². The van der Waals surface area contributed by atoms with Crippen LogP contribution in [-0.2, 0) is 9.16 Å². The predicted molar refractivity (Wildman–Crippen MR) is 102 cm³/mol. The normalized spacial score (nSPS) is 13.2. The molecule has 0 aliphatic heterocycles.